The number of H-pyrrole nitrogens is 1. The van der Waals surface area contributed by atoms with Gasteiger partial charge in [0.25, 0.3) is 0 Å². The first-order valence-corrected chi connectivity index (χ1v) is 7.52. The van der Waals surface area contributed by atoms with Crippen LogP contribution in [0.5, 0.6) is 0 Å². The molecule has 2 rings (SSSR count). The molecule has 1 amide bonds. The topological polar surface area (TPSA) is 78.0 Å². The summed E-state index contributed by atoms with van der Waals surface area (Å²) in [5.74, 6) is 0.232. The summed E-state index contributed by atoms with van der Waals surface area (Å²) in [6.45, 7) is 4.01. The molecule has 0 saturated heterocycles. The number of rotatable bonds is 4. The van der Waals surface area contributed by atoms with E-state index < -0.39 is 0 Å². The molecule has 1 saturated carbocycles. The van der Waals surface area contributed by atoms with Crippen molar-refractivity contribution < 1.29 is 9.90 Å². The number of nitrogens with zero attached hydrogens (tertiary/aromatic N) is 1. The van der Waals surface area contributed by atoms with E-state index in [4.69, 9.17) is 0 Å². The number of carbonyl (C=O) groups is 1. The summed E-state index contributed by atoms with van der Waals surface area (Å²) < 4.78 is 0. The van der Waals surface area contributed by atoms with Gasteiger partial charge >= 0.3 is 0 Å². The Labute approximate surface area is 120 Å². The van der Waals surface area contributed by atoms with Crippen molar-refractivity contribution in [3.05, 3.63) is 17.0 Å². The van der Waals surface area contributed by atoms with E-state index in [1.807, 2.05) is 13.8 Å². The van der Waals surface area contributed by atoms with Crippen LogP contribution in [0, 0.1) is 19.8 Å². The van der Waals surface area contributed by atoms with Crippen molar-refractivity contribution in [3.8, 4) is 0 Å². The number of aromatic nitrogens is 2. The lowest BCUT2D eigenvalue weighted by molar-refractivity contribution is -0.121. The Kier molecular flexibility index (Phi) is 5.17. The van der Waals surface area contributed by atoms with Crippen molar-refractivity contribution in [1.29, 1.82) is 0 Å². The first-order chi connectivity index (χ1) is 9.61. The quantitative estimate of drug-likeness (QED) is 0.733. The van der Waals surface area contributed by atoms with Crippen molar-refractivity contribution in [2.75, 3.05) is 6.61 Å². The van der Waals surface area contributed by atoms with Gasteiger partial charge in [0.1, 0.15) is 0 Å². The lowest BCUT2D eigenvalue weighted by atomic mass is 9.95. The lowest BCUT2D eigenvalue weighted by Gasteiger charge is -2.24. The standard InChI is InChI=1S/C15H25N3O2/c1-10-13(11(2)18-17-10)8-15(20)16-14-7-5-3-4-6-12(14)9-19/h12,14,19H,3-9H2,1-2H3,(H,16,20)(H,17,18)/t12-,14+/m1/s1. The van der Waals surface area contributed by atoms with Crippen LogP contribution in [0.2, 0.25) is 0 Å². The molecule has 1 aromatic heterocycles. The normalized spacial score (nSPS) is 23.4. The molecule has 1 heterocycles. The molecule has 3 N–H and O–H groups in total. The van der Waals surface area contributed by atoms with Gasteiger partial charge in [-0.15, -0.1) is 0 Å². The Morgan fingerprint density at radius 3 is 2.75 bits per heavy atom. The van der Waals surface area contributed by atoms with Crippen LogP contribution >= 0.6 is 0 Å². The van der Waals surface area contributed by atoms with Crippen molar-refractivity contribution >= 4 is 5.91 Å². The highest BCUT2D eigenvalue weighted by molar-refractivity contribution is 5.79. The molecule has 0 radical (unpaired) electrons. The summed E-state index contributed by atoms with van der Waals surface area (Å²) in [4.78, 5) is 12.2. The highest BCUT2D eigenvalue weighted by Crippen LogP contribution is 2.23. The molecule has 1 fully saturated rings. The molecular weight excluding hydrogens is 254 g/mol. The maximum atomic E-state index is 12.2. The van der Waals surface area contributed by atoms with Crippen LogP contribution in [-0.4, -0.2) is 33.9 Å². The van der Waals surface area contributed by atoms with Gasteiger partial charge in [0.15, 0.2) is 0 Å². The summed E-state index contributed by atoms with van der Waals surface area (Å²) in [5.41, 5.74) is 2.83. The first-order valence-electron chi connectivity index (χ1n) is 7.52. The fraction of sp³-hybridized carbons (Fsp3) is 0.733. The highest BCUT2D eigenvalue weighted by atomic mass is 16.3. The molecule has 1 aliphatic carbocycles. The maximum absolute atomic E-state index is 12.2. The van der Waals surface area contributed by atoms with E-state index in [2.05, 4.69) is 15.5 Å². The van der Waals surface area contributed by atoms with E-state index in [1.54, 1.807) is 0 Å². The molecule has 0 unspecified atom stereocenters. The van der Waals surface area contributed by atoms with Crippen molar-refractivity contribution in [2.45, 2.75) is 58.4 Å². The number of aryl methyl sites for hydroxylation is 2. The summed E-state index contributed by atoms with van der Waals surface area (Å²) in [6, 6.07) is 0.113. The van der Waals surface area contributed by atoms with E-state index in [0.29, 0.717) is 6.42 Å². The average Bonchev–Trinajstić information content (AvgIpc) is 2.65. The largest absolute Gasteiger partial charge is 0.396 e. The Hall–Kier alpha value is -1.36. The number of hydrogen-bond donors (Lipinski definition) is 3. The second kappa shape index (κ2) is 6.88. The van der Waals surface area contributed by atoms with Gasteiger partial charge in [-0.25, -0.2) is 0 Å². The molecule has 0 aliphatic heterocycles. The van der Waals surface area contributed by atoms with Crippen molar-refractivity contribution in [3.63, 3.8) is 0 Å². The summed E-state index contributed by atoms with van der Waals surface area (Å²) in [6.07, 6.45) is 5.82. The number of aliphatic hydroxyl groups is 1. The molecule has 0 bridgehead atoms. The van der Waals surface area contributed by atoms with Crippen LogP contribution in [0.4, 0.5) is 0 Å². The number of hydrogen-bond acceptors (Lipinski definition) is 3. The maximum Gasteiger partial charge on any atom is 0.224 e. The Bertz CT molecular complexity index is 436. The minimum atomic E-state index is 0.0305. The third-order valence-electron chi connectivity index (χ3n) is 4.36. The third-order valence-corrected chi connectivity index (χ3v) is 4.36. The molecular formula is C15H25N3O2. The van der Waals surface area contributed by atoms with Gasteiger partial charge in [-0.2, -0.15) is 5.10 Å². The van der Waals surface area contributed by atoms with Crippen LogP contribution in [-0.2, 0) is 11.2 Å². The number of amides is 1. The fourth-order valence-corrected chi connectivity index (χ4v) is 3.05. The van der Waals surface area contributed by atoms with Crippen LogP contribution in [0.3, 0.4) is 0 Å². The van der Waals surface area contributed by atoms with Crippen LogP contribution in [0.15, 0.2) is 0 Å². The summed E-state index contributed by atoms with van der Waals surface area (Å²) in [7, 11) is 0. The van der Waals surface area contributed by atoms with E-state index >= 15 is 0 Å². The molecule has 0 aromatic carbocycles. The molecule has 112 valence electrons. The van der Waals surface area contributed by atoms with E-state index in [-0.39, 0.29) is 24.5 Å². The van der Waals surface area contributed by atoms with Gasteiger partial charge in [-0.3, -0.25) is 9.89 Å². The summed E-state index contributed by atoms with van der Waals surface area (Å²) in [5, 5.41) is 19.6. The van der Waals surface area contributed by atoms with Crippen molar-refractivity contribution in [2.24, 2.45) is 5.92 Å². The minimum absolute atomic E-state index is 0.0305. The second-order valence-electron chi connectivity index (χ2n) is 5.84. The second-order valence-corrected chi connectivity index (χ2v) is 5.84. The molecule has 20 heavy (non-hydrogen) atoms. The van der Waals surface area contributed by atoms with Gasteiger partial charge in [-0.1, -0.05) is 19.3 Å². The van der Waals surface area contributed by atoms with E-state index in [9.17, 15) is 9.90 Å². The van der Waals surface area contributed by atoms with E-state index in [1.165, 1.54) is 6.42 Å². The Morgan fingerprint density at radius 2 is 2.10 bits per heavy atom. The first kappa shape index (κ1) is 15.0. The number of nitrogens with one attached hydrogen (secondary N) is 2. The molecule has 2 atom stereocenters. The average molecular weight is 279 g/mol. The highest BCUT2D eigenvalue weighted by Gasteiger charge is 2.25. The minimum Gasteiger partial charge on any atom is -0.396 e. The fourth-order valence-electron chi connectivity index (χ4n) is 3.05. The van der Waals surface area contributed by atoms with Crippen LogP contribution in [0.1, 0.15) is 49.1 Å². The molecule has 5 heteroatoms. The van der Waals surface area contributed by atoms with Gasteiger partial charge in [0.05, 0.1) is 12.1 Å². The van der Waals surface area contributed by atoms with Gasteiger partial charge in [0.2, 0.25) is 5.91 Å². The molecule has 1 aliphatic rings. The van der Waals surface area contributed by atoms with Crippen LogP contribution in [0.25, 0.3) is 0 Å². The van der Waals surface area contributed by atoms with Crippen LogP contribution < -0.4 is 5.32 Å². The monoisotopic (exact) mass is 279 g/mol. The summed E-state index contributed by atoms with van der Waals surface area (Å²) >= 11 is 0. The smallest absolute Gasteiger partial charge is 0.224 e. The van der Waals surface area contributed by atoms with Gasteiger partial charge in [0, 0.05) is 29.8 Å². The zero-order valence-corrected chi connectivity index (χ0v) is 12.4. The van der Waals surface area contributed by atoms with Crippen molar-refractivity contribution in [1.82, 2.24) is 15.5 Å². The number of carbonyl (C=O) groups excluding carboxylic acids is 1. The Balaban J connectivity index is 1.96. The molecule has 5 nitrogen and oxygen atoms in total. The number of aromatic amines is 1. The SMILES string of the molecule is Cc1n[nH]c(C)c1CC(=O)N[C@H]1CCCCC[C@@H]1CO. The molecule has 0 spiro atoms. The Morgan fingerprint density at radius 1 is 1.35 bits per heavy atom. The predicted molar refractivity (Wildman–Crippen MR) is 77.4 cm³/mol. The zero-order valence-electron chi connectivity index (χ0n) is 12.4. The van der Waals surface area contributed by atoms with Gasteiger partial charge in [-0.05, 0) is 26.7 Å². The third kappa shape index (κ3) is 3.60. The number of aliphatic hydroxyl groups excluding tert-OH is 1. The van der Waals surface area contributed by atoms with Gasteiger partial charge < -0.3 is 10.4 Å². The predicted octanol–water partition coefficient (Wildman–Crippen LogP) is 1.63. The zero-order chi connectivity index (χ0) is 14.5. The lowest BCUT2D eigenvalue weighted by Crippen LogP contribution is -2.41. The van der Waals surface area contributed by atoms with E-state index in [0.717, 1.165) is 42.6 Å². The molecule has 1 aromatic rings.